The monoisotopic (exact) mass is 571 g/mol. The second kappa shape index (κ2) is 10.8. The van der Waals surface area contributed by atoms with Crippen LogP contribution in [0.4, 0.5) is 25.8 Å². The SMILES string of the molecule is O=C(Nc1cccc(SC2=C(Nc3ccc(F)cc3)C(=O)N(c3ccc(F)cc3)C2=O)c1)c1ccc2c(c1)OCO2. The number of nitrogens with one attached hydrogen (secondary N) is 2. The van der Waals surface area contributed by atoms with Gasteiger partial charge in [0.25, 0.3) is 17.7 Å². The van der Waals surface area contributed by atoms with Crippen LogP contribution in [0.15, 0.2) is 106 Å². The Morgan fingerprint density at radius 2 is 1.49 bits per heavy atom. The molecular weight excluding hydrogens is 552 g/mol. The van der Waals surface area contributed by atoms with Gasteiger partial charge in [0.1, 0.15) is 22.2 Å². The number of halogens is 2. The molecule has 2 N–H and O–H groups in total. The van der Waals surface area contributed by atoms with Crippen LogP contribution in [-0.4, -0.2) is 24.5 Å². The molecule has 0 fully saturated rings. The zero-order chi connectivity index (χ0) is 28.5. The molecule has 4 aromatic carbocycles. The Kier molecular flexibility index (Phi) is 6.86. The van der Waals surface area contributed by atoms with Gasteiger partial charge in [-0.2, -0.15) is 0 Å². The number of ether oxygens (including phenoxy) is 2. The predicted molar refractivity (Wildman–Crippen MR) is 149 cm³/mol. The predicted octanol–water partition coefficient (Wildman–Crippen LogP) is 5.94. The van der Waals surface area contributed by atoms with Crippen molar-refractivity contribution in [3.05, 3.63) is 119 Å². The molecule has 0 aromatic heterocycles. The molecule has 2 aliphatic rings. The fraction of sp³-hybridized carbons (Fsp3) is 0.0333. The number of hydrogen-bond donors (Lipinski definition) is 2. The number of carbonyl (C=O) groups excluding carboxylic acids is 3. The number of fused-ring (bicyclic) bond motifs is 1. The van der Waals surface area contributed by atoms with Crippen LogP contribution < -0.4 is 25.0 Å². The van der Waals surface area contributed by atoms with Gasteiger partial charge < -0.3 is 20.1 Å². The van der Waals surface area contributed by atoms with Gasteiger partial charge in [0, 0.05) is 21.8 Å². The van der Waals surface area contributed by atoms with E-state index < -0.39 is 23.4 Å². The molecule has 0 spiro atoms. The quantitative estimate of drug-likeness (QED) is 0.265. The van der Waals surface area contributed by atoms with Crippen molar-refractivity contribution >= 4 is 46.5 Å². The molecule has 3 amide bonds. The standard InChI is InChI=1S/C30H19F2N3O5S/c31-18-5-9-20(10-6-18)33-26-27(30(38)35(29(26)37)22-11-7-19(32)8-12-22)41-23-3-1-2-21(15-23)34-28(36)17-4-13-24-25(14-17)40-16-39-24/h1-15,33H,16H2,(H,34,36). The highest BCUT2D eigenvalue weighted by atomic mass is 32.2. The summed E-state index contributed by atoms with van der Waals surface area (Å²) in [7, 11) is 0. The van der Waals surface area contributed by atoms with Crippen molar-refractivity contribution in [1.82, 2.24) is 0 Å². The molecule has 4 aromatic rings. The topological polar surface area (TPSA) is 97.0 Å². The fourth-order valence-corrected chi connectivity index (χ4v) is 5.20. The van der Waals surface area contributed by atoms with Gasteiger partial charge in [-0.3, -0.25) is 14.4 Å². The van der Waals surface area contributed by atoms with E-state index in [1.54, 1.807) is 42.5 Å². The second-order valence-corrected chi connectivity index (χ2v) is 9.99. The maximum absolute atomic E-state index is 13.5. The van der Waals surface area contributed by atoms with Crippen molar-refractivity contribution < 1.29 is 32.6 Å². The Bertz CT molecular complexity index is 1730. The van der Waals surface area contributed by atoms with E-state index in [4.69, 9.17) is 9.47 Å². The van der Waals surface area contributed by atoms with E-state index in [1.807, 2.05) is 0 Å². The largest absolute Gasteiger partial charge is 0.454 e. The van der Waals surface area contributed by atoms with Crippen molar-refractivity contribution in [1.29, 1.82) is 0 Å². The third kappa shape index (κ3) is 5.35. The number of rotatable bonds is 7. The average Bonchev–Trinajstić information content (AvgIpc) is 3.53. The Balaban J connectivity index is 1.28. The summed E-state index contributed by atoms with van der Waals surface area (Å²) >= 11 is 1.02. The molecule has 0 atom stereocenters. The van der Waals surface area contributed by atoms with Crippen LogP contribution in [-0.2, 0) is 9.59 Å². The molecule has 0 aliphatic carbocycles. The summed E-state index contributed by atoms with van der Waals surface area (Å²) in [6.45, 7) is 0.0906. The van der Waals surface area contributed by atoms with Crippen LogP contribution in [0.2, 0.25) is 0 Å². The maximum atomic E-state index is 13.5. The number of thioether (sulfide) groups is 1. The van der Waals surface area contributed by atoms with Crippen LogP contribution >= 0.6 is 11.8 Å². The molecule has 0 saturated heterocycles. The van der Waals surface area contributed by atoms with Gasteiger partial charge in [-0.05, 0) is 84.9 Å². The molecule has 0 unspecified atom stereocenters. The number of benzene rings is 4. The van der Waals surface area contributed by atoms with Crippen LogP contribution in [0.25, 0.3) is 0 Å². The molecule has 204 valence electrons. The van der Waals surface area contributed by atoms with Crippen molar-refractivity contribution in [2.45, 2.75) is 4.90 Å². The van der Waals surface area contributed by atoms with Crippen LogP contribution in [0, 0.1) is 11.6 Å². The molecule has 0 saturated carbocycles. The van der Waals surface area contributed by atoms with Crippen LogP contribution in [0.1, 0.15) is 10.4 Å². The molecule has 41 heavy (non-hydrogen) atoms. The van der Waals surface area contributed by atoms with E-state index in [-0.39, 0.29) is 29.0 Å². The van der Waals surface area contributed by atoms with Crippen molar-refractivity contribution in [3.8, 4) is 11.5 Å². The van der Waals surface area contributed by atoms with Gasteiger partial charge in [-0.25, -0.2) is 13.7 Å². The number of carbonyl (C=O) groups is 3. The number of hydrogen-bond acceptors (Lipinski definition) is 7. The highest BCUT2D eigenvalue weighted by Crippen LogP contribution is 2.39. The summed E-state index contributed by atoms with van der Waals surface area (Å²) in [5.74, 6) is -1.58. The minimum absolute atomic E-state index is 0.0225. The zero-order valence-corrected chi connectivity index (χ0v) is 21.8. The molecule has 8 nitrogen and oxygen atoms in total. The summed E-state index contributed by atoms with van der Waals surface area (Å²) in [4.78, 5) is 41.4. The Morgan fingerprint density at radius 1 is 0.780 bits per heavy atom. The van der Waals surface area contributed by atoms with Crippen molar-refractivity contribution in [2.24, 2.45) is 0 Å². The first-order valence-corrected chi connectivity index (χ1v) is 13.1. The average molecular weight is 572 g/mol. The highest BCUT2D eigenvalue weighted by Gasteiger charge is 2.40. The lowest BCUT2D eigenvalue weighted by Gasteiger charge is -2.15. The van der Waals surface area contributed by atoms with Gasteiger partial charge >= 0.3 is 0 Å². The maximum Gasteiger partial charge on any atom is 0.283 e. The smallest absolute Gasteiger partial charge is 0.283 e. The van der Waals surface area contributed by atoms with E-state index in [2.05, 4.69) is 10.6 Å². The third-order valence-corrected chi connectivity index (χ3v) is 7.26. The fourth-order valence-electron chi connectivity index (χ4n) is 4.21. The summed E-state index contributed by atoms with van der Waals surface area (Å²) in [5, 5.41) is 5.75. The van der Waals surface area contributed by atoms with Gasteiger partial charge in [-0.1, -0.05) is 17.8 Å². The van der Waals surface area contributed by atoms with Gasteiger partial charge in [0.2, 0.25) is 6.79 Å². The first-order valence-electron chi connectivity index (χ1n) is 12.3. The lowest BCUT2D eigenvalue weighted by Crippen LogP contribution is -2.32. The number of anilines is 3. The lowest BCUT2D eigenvalue weighted by atomic mass is 10.2. The summed E-state index contributed by atoms with van der Waals surface area (Å²) in [6, 6.07) is 21.9. The number of imide groups is 1. The molecule has 0 radical (unpaired) electrons. The minimum atomic E-state index is -0.652. The summed E-state index contributed by atoms with van der Waals surface area (Å²) < 4.78 is 37.6. The van der Waals surface area contributed by atoms with Crippen molar-refractivity contribution in [3.63, 3.8) is 0 Å². The van der Waals surface area contributed by atoms with Gasteiger partial charge in [-0.15, -0.1) is 0 Å². The second-order valence-electron chi connectivity index (χ2n) is 8.91. The zero-order valence-electron chi connectivity index (χ0n) is 21.0. The minimum Gasteiger partial charge on any atom is -0.454 e. The molecule has 0 bridgehead atoms. The van der Waals surface area contributed by atoms with Crippen LogP contribution in [0.5, 0.6) is 11.5 Å². The Morgan fingerprint density at radius 3 is 2.24 bits per heavy atom. The Labute approximate surface area is 236 Å². The lowest BCUT2D eigenvalue weighted by molar-refractivity contribution is -0.120. The first-order chi connectivity index (χ1) is 19.9. The normalized spacial score (nSPS) is 14.0. The summed E-state index contributed by atoms with van der Waals surface area (Å²) in [6.07, 6.45) is 0. The molecule has 2 heterocycles. The van der Waals surface area contributed by atoms with Gasteiger partial charge in [0.05, 0.1) is 5.69 Å². The third-order valence-electron chi connectivity index (χ3n) is 6.19. The molecule has 2 aliphatic heterocycles. The molecule has 6 rings (SSSR count). The van der Waals surface area contributed by atoms with E-state index >= 15 is 0 Å². The molecular formula is C30H19F2N3O5S. The van der Waals surface area contributed by atoms with Crippen molar-refractivity contribution in [2.75, 3.05) is 22.3 Å². The number of amides is 3. The van der Waals surface area contributed by atoms with Crippen LogP contribution in [0.3, 0.4) is 0 Å². The van der Waals surface area contributed by atoms with E-state index in [0.29, 0.717) is 33.3 Å². The molecule has 11 heteroatoms. The van der Waals surface area contributed by atoms with E-state index in [0.717, 1.165) is 28.8 Å². The highest BCUT2D eigenvalue weighted by molar-refractivity contribution is 8.04. The Hall–Kier alpha value is -5.16. The van der Waals surface area contributed by atoms with Gasteiger partial charge in [0.15, 0.2) is 11.5 Å². The van der Waals surface area contributed by atoms with E-state index in [1.165, 1.54) is 36.4 Å². The van der Waals surface area contributed by atoms with E-state index in [9.17, 15) is 23.2 Å². The first kappa shape index (κ1) is 26.1. The summed E-state index contributed by atoms with van der Waals surface area (Å²) in [5.41, 5.74) is 1.39. The number of nitrogens with zero attached hydrogens (tertiary/aromatic N) is 1.